The molecule has 0 radical (unpaired) electrons. The van der Waals surface area contributed by atoms with Crippen molar-refractivity contribution in [3.8, 4) is 5.75 Å². The van der Waals surface area contributed by atoms with Crippen LogP contribution in [0.3, 0.4) is 0 Å². The van der Waals surface area contributed by atoms with Gasteiger partial charge in [0.2, 0.25) is 0 Å². The maximum atomic E-state index is 5.84. The lowest BCUT2D eigenvalue weighted by Gasteiger charge is -2.21. The van der Waals surface area contributed by atoms with Crippen LogP contribution < -0.4 is 10.1 Å². The van der Waals surface area contributed by atoms with E-state index in [-0.39, 0.29) is 12.4 Å². The van der Waals surface area contributed by atoms with Crippen LogP contribution in [0.1, 0.15) is 44.9 Å². The molecule has 1 aliphatic heterocycles. The van der Waals surface area contributed by atoms with Gasteiger partial charge in [0.05, 0.1) is 19.0 Å². The Balaban J connectivity index is 0.00000161. The van der Waals surface area contributed by atoms with Crippen molar-refractivity contribution in [2.24, 2.45) is 11.8 Å². The predicted molar refractivity (Wildman–Crippen MR) is 87.1 cm³/mol. The third kappa shape index (κ3) is 5.19. The quantitative estimate of drug-likeness (QED) is 0.876. The number of rotatable bonds is 6. The molecule has 0 aromatic carbocycles. The average molecular weight is 314 g/mol. The second-order valence-electron chi connectivity index (χ2n) is 6.40. The predicted octanol–water partition coefficient (Wildman–Crippen LogP) is 3.26. The highest BCUT2D eigenvalue weighted by molar-refractivity contribution is 5.85. The summed E-state index contributed by atoms with van der Waals surface area (Å²) in [5.74, 6) is 2.52. The number of ether oxygens (including phenoxy) is 1. The molecule has 1 aliphatic carbocycles. The van der Waals surface area contributed by atoms with Gasteiger partial charge in [-0.25, -0.2) is 0 Å². The van der Waals surface area contributed by atoms with Gasteiger partial charge in [0, 0.05) is 19.0 Å². The van der Waals surface area contributed by atoms with E-state index in [0.29, 0.717) is 5.92 Å². The molecule has 0 bridgehead atoms. The fraction of sp³-hybridized carbons (Fsp3) is 0.812. The summed E-state index contributed by atoms with van der Waals surface area (Å²) in [4.78, 5) is 0. The summed E-state index contributed by atoms with van der Waals surface area (Å²) in [5.41, 5.74) is 0. The van der Waals surface area contributed by atoms with Crippen LogP contribution in [0.4, 0.5) is 0 Å². The van der Waals surface area contributed by atoms with E-state index >= 15 is 0 Å². The summed E-state index contributed by atoms with van der Waals surface area (Å²) in [6, 6.07) is 0. The minimum Gasteiger partial charge on any atom is -0.490 e. The summed E-state index contributed by atoms with van der Waals surface area (Å²) < 4.78 is 7.89. The second-order valence-corrected chi connectivity index (χ2v) is 6.40. The topological polar surface area (TPSA) is 39.1 Å². The first-order valence-corrected chi connectivity index (χ1v) is 8.26. The molecule has 2 fully saturated rings. The monoisotopic (exact) mass is 313 g/mol. The summed E-state index contributed by atoms with van der Waals surface area (Å²) in [6.07, 6.45) is 13.5. The third-order valence-corrected chi connectivity index (χ3v) is 4.75. The van der Waals surface area contributed by atoms with Crippen molar-refractivity contribution < 1.29 is 4.74 Å². The van der Waals surface area contributed by atoms with Gasteiger partial charge in [-0.2, -0.15) is 5.10 Å². The summed E-state index contributed by atoms with van der Waals surface area (Å²) in [6.45, 7) is 4.09. The highest BCUT2D eigenvalue weighted by Crippen LogP contribution is 2.26. The first-order chi connectivity index (χ1) is 9.90. The zero-order valence-corrected chi connectivity index (χ0v) is 13.6. The van der Waals surface area contributed by atoms with E-state index in [0.717, 1.165) is 37.9 Å². The number of nitrogens with one attached hydrogen (secondary N) is 1. The van der Waals surface area contributed by atoms with E-state index in [1.54, 1.807) is 0 Å². The van der Waals surface area contributed by atoms with E-state index in [2.05, 4.69) is 21.3 Å². The number of aryl methyl sites for hydroxylation is 1. The minimum atomic E-state index is 0. The lowest BCUT2D eigenvalue weighted by Crippen LogP contribution is -2.15. The third-order valence-electron chi connectivity index (χ3n) is 4.75. The van der Waals surface area contributed by atoms with Crippen LogP contribution in [0, 0.1) is 11.8 Å². The zero-order chi connectivity index (χ0) is 13.6. The van der Waals surface area contributed by atoms with E-state index < -0.39 is 0 Å². The Labute approximate surface area is 134 Å². The van der Waals surface area contributed by atoms with E-state index in [9.17, 15) is 0 Å². The lowest BCUT2D eigenvalue weighted by molar-refractivity contribution is 0.259. The highest BCUT2D eigenvalue weighted by atomic mass is 35.5. The normalized spacial score (nSPS) is 23.0. The Morgan fingerprint density at radius 2 is 2.05 bits per heavy atom. The number of hydrogen-bond acceptors (Lipinski definition) is 3. The van der Waals surface area contributed by atoms with Crippen LogP contribution >= 0.6 is 12.4 Å². The van der Waals surface area contributed by atoms with Gasteiger partial charge in [-0.3, -0.25) is 4.68 Å². The first kappa shape index (κ1) is 16.6. The smallest absolute Gasteiger partial charge is 0.157 e. The molecule has 1 saturated heterocycles. The summed E-state index contributed by atoms with van der Waals surface area (Å²) in [7, 11) is 0. The summed E-state index contributed by atoms with van der Waals surface area (Å²) in [5, 5.41) is 7.79. The molecule has 1 atom stereocenters. The van der Waals surface area contributed by atoms with E-state index in [1.165, 1.54) is 44.9 Å². The van der Waals surface area contributed by atoms with Crippen molar-refractivity contribution in [2.75, 3.05) is 19.7 Å². The second kappa shape index (κ2) is 8.64. The Morgan fingerprint density at radius 3 is 2.81 bits per heavy atom. The molecule has 4 nitrogen and oxygen atoms in total. The number of nitrogens with zero attached hydrogens (tertiary/aromatic N) is 2. The number of hydrogen-bond donors (Lipinski definition) is 1. The summed E-state index contributed by atoms with van der Waals surface area (Å²) >= 11 is 0. The van der Waals surface area contributed by atoms with Gasteiger partial charge in [0.1, 0.15) is 0 Å². The fourth-order valence-corrected chi connectivity index (χ4v) is 3.40. The Morgan fingerprint density at radius 1 is 1.19 bits per heavy atom. The molecule has 0 spiro atoms. The van der Waals surface area contributed by atoms with Crippen LogP contribution in [0.15, 0.2) is 12.4 Å². The molecule has 1 aromatic rings. The molecule has 120 valence electrons. The Kier molecular flexibility index (Phi) is 6.84. The number of aromatic nitrogens is 2. The first-order valence-electron chi connectivity index (χ1n) is 8.26. The highest BCUT2D eigenvalue weighted by Gasteiger charge is 2.16. The average Bonchev–Trinajstić information content (AvgIpc) is 3.16. The van der Waals surface area contributed by atoms with Gasteiger partial charge >= 0.3 is 0 Å². The van der Waals surface area contributed by atoms with E-state index in [1.807, 2.05) is 6.20 Å². The molecular formula is C16H28ClN3O. The van der Waals surface area contributed by atoms with Crippen molar-refractivity contribution in [2.45, 2.75) is 51.5 Å². The molecule has 2 aliphatic rings. The van der Waals surface area contributed by atoms with Crippen LogP contribution in [0.25, 0.3) is 0 Å². The zero-order valence-electron chi connectivity index (χ0n) is 12.8. The van der Waals surface area contributed by atoms with E-state index in [4.69, 9.17) is 4.74 Å². The lowest BCUT2D eigenvalue weighted by atomic mass is 9.87. The largest absolute Gasteiger partial charge is 0.490 e. The number of halogens is 1. The van der Waals surface area contributed by atoms with Crippen LogP contribution in [-0.4, -0.2) is 29.5 Å². The molecule has 1 saturated carbocycles. The van der Waals surface area contributed by atoms with Crippen molar-refractivity contribution in [1.29, 1.82) is 0 Å². The Hall–Kier alpha value is -0.740. The van der Waals surface area contributed by atoms with Crippen molar-refractivity contribution in [3.05, 3.63) is 12.4 Å². The molecule has 1 N–H and O–H groups in total. The van der Waals surface area contributed by atoms with Gasteiger partial charge in [-0.05, 0) is 25.3 Å². The molecule has 21 heavy (non-hydrogen) atoms. The maximum absolute atomic E-state index is 5.84. The van der Waals surface area contributed by atoms with Crippen LogP contribution in [0.5, 0.6) is 5.75 Å². The molecule has 2 heterocycles. The van der Waals surface area contributed by atoms with Gasteiger partial charge in [0.15, 0.2) is 5.75 Å². The van der Waals surface area contributed by atoms with Gasteiger partial charge in [-0.15, -0.1) is 12.4 Å². The molecule has 5 heteroatoms. The van der Waals surface area contributed by atoms with Crippen molar-refractivity contribution in [1.82, 2.24) is 15.1 Å². The fourth-order valence-electron chi connectivity index (χ4n) is 3.40. The Bertz CT molecular complexity index is 398. The van der Waals surface area contributed by atoms with Gasteiger partial charge in [0.25, 0.3) is 0 Å². The minimum absolute atomic E-state index is 0. The van der Waals surface area contributed by atoms with Gasteiger partial charge < -0.3 is 10.1 Å². The van der Waals surface area contributed by atoms with Crippen molar-refractivity contribution >= 4 is 12.4 Å². The molecule has 0 amide bonds. The molecule has 1 aromatic heterocycles. The van der Waals surface area contributed by atoms with Crippen LogP contribution in [-0.2, 0) is 6.54 Å². The SMILES string of the molecule is Cl.c1nn(CCC2CCCCC2)cc1OCC1CCNC1. The van der Waals surface area contributed by atoms with Gasteiger partial charge in [-0.1, -0.05) is 32.1 Å². The van der Waals surface area contributed by atoms with Crippen LogP contribution in [0.2, 0.25) is 0 Å². The molecule has 1 unspecified atom stereocenters. The molecular weight excluding hydrogens is 286 g/mol. The molecule has 3 rings (SSSR count). The van der Waals surface area contributed by atoms with Crippen molar-refractivity contribution in [3.63, 3.8) is 0 Å². The standard InChI is InChI=1S/C16H27N3O.ClH/c1-2-4-14(5-3-1)7-9-19-12-16(11-18-19)20-13-15-6-8-17-10-15;/h11-12,14-15,17H,1-10,13H2;1H. The maximum Gasteiger partial charge on any atom is 0.157 e.